The van der Waals surface area contributed by atoms with E-state index in [0.29, 0.717) is 5.41 Å². The summed E-state index contributed by atoms with van der Waals surface area (Å²) >= 11 is 0. The molecule has 2 aromatic rings. The number of hydrogen-bond acceptors (Lipinski definition) is 2. The number of methoxy groups -OCH3 is 1. The number of nitrogens with one attached hydrogen (secondary N) is 1. The molecule has 21 heavy (non-hydrogen) atoms. The van der Waals surface area contributed by atoms with Crippen LogP contribution in [0.1, 0.15) is 38.2 Å². The van der Waals surface area contributed by atoms with Gasteiger partial charge in [0.05, 0.1) is 7.11 Å². The van der Waals surface area contributed by atoms with Crippen molar-refractivity contribution in [3.63, 3.8) is 0 Å². The maximum Gasteiger partial charge on any atom is 0.123 e. The summed E-state index contributed by atoms with van der Waals surface area (Å²) in [5.74, 6) is 0.986. The second-order valence-corrected chi connectivity index (χ2v) is 6.28. The molecule has 0 bridgehead atoms. The lowest BCUT2D eigenvalue weighted by Crippen LogP contribution is -2.39. The van der Waals surface area contributed by atoms with E-state index in [1.54, 1.807) is 7.11 Å². The van der Waals surface area contributed by atoms with Crippen molar-refractivity contribution in [2.24, 2.45) is 5.41 Å². The number of ether oxygens (including phenoxy) is 1. The van der Waals surface area contributed by atoms with E-state index in [9.17, 15) is 0 Å². The van der Waals surface area contributed by atoms with Gasteiger partial charge in [-0.25, -0.2) is 0 Å². The number of rotatable bonds is 6. The van der Waals surface area contributed by atoms with E-state index in [2.05, 4.69) is 48.6 Å². The van der Waals surface area contributed by atoms with Crippen LogP contribution in [0.15, 0.2) is 36.4 Å². The van der Waals surface area contributed by atoms with Gasteiger partial charge in [-0.2, -0.15) is 0 Å². The average molecular weight is 283 g/mol. The number of hydrogen-bond donors (Lipinski definition) is 1. The predicted molar refractivity (Wildman–Crippen MR) is 88.8 cm³/mol. The minimum atomic E-state index is 0.553. The first-order valence-electron chi connectivity index (χ1n) is 8.03. The third-order valence-corrected chi connectivity index (χ3v) is 5.18. The van der Waals surface area contributed by atoms with Crippen LogP contribution in [0.5, 0.6) is 5.75 Å². The smallest absolute Gasteiger partial charge is 0.123 e. The van der Waals surface area contributed by atoms with Crippen LogP contribution in [0.4, 0.5) is 0 Å². The highest BCUT2D eigenvalue weighted by molar-refractivity contribution is 5.87. The maximum atomic E-state index is 5.56. The zero-order valence-electron chi connectivity index (χ0n) is 13.1. The summed E-state index contributed by atoms with van der Waals surface area (Å²) in [4.78, 5) is 0. The molecule has 0 atom stereocenters. The van der Waals surface area contributed by atoms with Gasteiger partial charge in [-0.05, 0) is 41.5 Å². The van der Waals surface area contributed by atoms with Gasteiger partial charge < -0.3 is 10.1 Å². The second-order valence-electron chi connectivity index (χ2n) is 6.28. The lowest BCUT2D eigenvalue weighted by Gasteiger charge is -2.41. The van der Waals surface area contributed by atoms with Crippen LogP contribution >= 0.6 is 0 Å². The molecule has 1 saturated carbocycles. The Morgan fingerprint density at radius 1 is 1.14 bits per heavy atom. The minimum Gasteiger partial charge on any atom is -0.496 e. The molecule has 2 nitrogen and oxygen atoms in total. The Morgan fingerprint density at radius 2 is 1.95 bits per heavy atom. The van der Waals surface area contributed by atoms with Crippen LogP contribution in [0.25, 0.3) is 10.8 Å². The highest BCUT2D eigenvalue weighted by atomic mass is 16.5. The number of fused-ring (bicyclic) bond motifs is 1. The van der Waals surface area contributed by atoms with Crippen LogP contribution in [0, 0.1) is 5.41 Å². The van der Waals surface area contributed by atoms with Crippen molar-refractivity contribution in [3.05, 3.63) is 42.0 Å². The summed E-state index contributed by atoms with van der Waals surface area (Å²) in [5.41, 5.74) is 1.83. The Labute approximate surface area is 127 Å². The Kier molecular flexibility index (Phi) is 4.16. The Bertz CT molecular complexity index is 610. The molecule has 3 rings (SSSR count). The van der Waals surface area contributed by atoms with E-state index < -0.39 is 0 Å². The van der Waals surface area contributed by atoms with Crippen molar-refractivity contribution in [2.45, 2.75) is 39.2 Å². The van der Waals surface area contributed by atoms with Crippen molar-refractivity contribution < 1.29 is 4.74 Å². The molecule has 112 valence electrons. The van der Waals surface area contributed by atoms with Crippen molar-refractivity contribution in [3.8, 4) is 5.75 Å². The molecule has 0 unspecified atom stereocenters. The molecule has 0 aromatic heterocycles. The fraction of sp³-hybridized carbons (Fsp3) is 0.474. The zero-order chi connectivity index (χ0) is 14.7. The van der Waals surface area contributed by atoms with E-state index in [-0.39, 0.29) is 0 Å². The highest BCUT2D eigenvalue weighted by Gasteiger charge is 2.34. The normalized spacial score (nSPS) is 16.7. The third-order valence-electron chi connectivity index (χ3n) is 5.18. The van der Waals surface area contributed by atoms with Gasteiger partial charge in [-0.1, -0.05) is 43.7 Å². The predicted octanol–water partition coefficient (Wildman–Crippen LogP) is 4.52. The average Bonchev–Trinajstić information content (AvgIpc) is 2.50. The lowest BCUT2D eigenvalue weighted by molar-refractivity contribution is 0.123. The van der Waals surface area contributed by atoms with Crippen LogP contribution in [0.2, 0.25) is 0 Å². The standard InChI is InChI=1S/C19H25NO/c1-3-19(11-6-12-19)14-20-13-17-16-8-5-4-7-15(16)9-10-18(17)21-2/h4-5,7-10,20H,3,6,11-14H2,1-2H3. The van der Waals surface area contributed by atoms with Crippen molar-refractivity contribution in [2.75, 3.05) is 13.7 Å². The largest absolute Gasteiger partial charge is 0.496 e. The zero-order valence-corrected chi connectivity index (χ0v) is 13.1. The van der Waals surface area contributed by atoms with Crippen molar-refractivity contribution >= 4 is 10.8 Å². The summed E-state index contributed by atoms with van der Waals surface area (Å²) in [6.45, 7) is 4.32. The van der Waals surface area contributed by atoms with Crippen molar-refractivity contribution in [1.82, 2.24) is 5.32 Å². The maximum absolute atomic E-state index is 5.56. The summed E-state index contributed by atoms with van der Waals surface area (Å²) in [6.07, 6.45) is 5.44. The fourth-order valence-electron chi connectivity index (χ4n) is 3.47. The quantitative estimate of drug-likeness (QED) is 0.841. The van der Waals surface area contributed by atoms with Gasteiger partial charge in [0, 0.05) is 18.7 Å². The molecule has 0 radical (unpaired) electrons. The van der Waals surface area contributed by atoms with Gasteiger partial charge in [0.15, 0.2) is 0 Å². The van der Waals surface area contributed by atoms with Crippen LogP contribution < -0.4 is 10.1 Å². The van der Waals surface area contributed by atoms with Crippen LogP contribution in [-0.4, -0.2) is 13.7 Å². The van der Waals surface area contributed by atoms with Crippen molar-refractivity contribution in [1.29, 1.82) is 0 Å². The molecule has 2 heteroatoms. The highest BCUT2D eigenvalue weighted by Crippen LogP contribution is 2.43. The molecular formula is C19H25NO. The molecule has 1 aliphatic carbocycles. The Morgan fingerprint density at radius 3 is 2.62 bits per heavy atom. The SMILES string of the molecule is CCC1(CNCc2c(OC)ccc3ccccc23)CCC1. The summed E-state index contributed by atoms with van der Waals surface area (Å²) < 4.78 is 5.56. The van der Waals surface area contributed by atoms with Gasteiger partial charge >= 0.3 is 0 Å². The molecule has 2 aromatic carbocycles. The Balaban J connectivity index is 1.79. The molecule has 1 fully saturated rings. The molecule has 0 spiro atoms. The first kappa shape index (κ1) is 14.4. The molecule has 0 aliphatic heterocycles. The minimum absolute atomic E-state index is 0.553. The van der Waals surface area contributed by atoms with Gasteiger partial charge in [-0.3, -0.25) is 0 Å². The summed E-state index contributed by atoms with van der Waals surface area (Å²) in [5, 5.41) is 6.26. The monoisotopic (exact) mass is 283 g/mol. The molecule has 0 saturated heterocycles. The van der Waals surface area contributed by atoms with E-state index in [1.807, 2.05) is 0 Å². The van der Waals surface area contributed by atoms with Gasteiger partial charge in [0.2, 0.25) is 0 Å². The summed E-state index contributed by atoms with van der Waals surface area (Å²) in [6, 6.07) is 12.8. The van der Waals surface area contributed by atoms with E-state index >= 15 is 0 Å². The lowest BCUT2D eigenvalue weighted by atomic mass is 9.67. The second kappa shape index (κ2) is 6.07. The third kappa shape index (κ3) is 2.77. The molecule has 0 amide bonds. The molecule has 1 aliphatic rings. The van der Waals surface area contributed by atoms with E-state index in [4.69, 9.17) is 4.74 Å². The van der Waals surface area contributed by atoms with Gasteiger partial charge in [-0.15, -0.1) is 0 Å². The van der Waals surface area contributed by atoms with E-state index in [0.717, 1.165) is 18.8 Å². The molecular weight excluding hydrogens is 258 g/mol. The first-order chi connectivity index (χ1) is 10.3. The molecule has 0 heterocycles. The van der Waals surface area contributed by atoms with E-state index in [1.165, 1.54) is 42.0 Å². The van der Waals surface area contributed by atoms with Crippen LogP contribution in [-0.2, 0) is 6.54 Å². The van der Waals surface area contributed by atoms with Crippen LogP contribution in [0.3, 0.4) is 0 Å². The number of benzene rings is 2. The summed E-state index contributed by atoms with van der Waals surface area (Å²) in [7, 11) is 1.76. The fourth-order valence-corrected chi connectivity index (χ4v) is 3.47. The Hall–Kier alpha value is -1.54. The van der Waals surface area contributed by atoms with Gasteiger partial charge in [0.25, 0.3) is 0 Å². The topological polar surface area (TPSA) is 21.3 Å². The first-order valence-corrected chi connectivity index (χ1v) is 8.03. The molecule has 1 N–H and O–H groups in total. The van der Waals surface area contributed by atoms with Gasteiger partial charge in [0.1, 0.15) is 5.75 Å².